The highest BCUT2D eigenvalue weighted by molar-refractivity contribution is 5.89. The van der Waals surface area contributed by atoms with Crippen LogP contribution in [0.25, 0.3) is 11.1 Å². The largest absolute Gasteiger partial charge is 0.479 e. The Morgan fingerprint density at radius 3 is 2.09 bits per heavy atom. The molecule has 0 radical (unpaired) electrons. The van der Waals surface area contributed by atoms with E-state index in [1.165, 1.54) is 11.9 Å². The zero-order valence-corrected chi connectivity index (χ0v) is 19.2. The lowest BCUT2D eigenvalue weighted by Gasteiger charge is -2.28. The predicted octanol–water partition coefficient (Wildman–Crippen LogP) is 4.02. The Morgan fingerprint density at radius 1 is 1.06 bits per heavy atom. The minimum absolute atomic E-state index is 0.0212. The van der Waals surface area contributed by atoms with E-state index < -0.39 is 23.6 Å². The van der Waals surface area contributed by atoms with Gasteiger partial charge in [-0.3, -0.25) is 4.79 Å². The van der Waals surface area contributed by atoms with Crippen LogP contribution in [0.4, 0.5) is 4.79 Å². The molecule has 2 aliphatic rings. The zero-order chi connectivity index (χ0) is 23.8. The van der Waals surface area contributed by atoms with Gasteiger partial charge in [-0.15, -0.1) is 0 Å². The van der Waals surface area contributed by atoms with Crippen molar-refractivity contribution in [3.8, 4) is 11.1 Å². The Balaban J connectivity index is 1.38. The van der Waals surface area contributed by atoms with Crippen LogP contribution in [0.5, 0.6) is 0 Å². The molecular formula is C26H30N2O5. The first-order chi connectivity index (χ1) is 15.7. The van der Waals surface area contributed by atoms with Gasteiger partial charge in [-0.05, 0) is 41.0 Å². The minimum Gasteiger partial charge on any atom is -0.479 e. The molecular weight excluding hydrogens is 420 g/mol. The summed E-state index contributed by atoms with van der Waals surface area (Å²) in [6.07, 6.45) is 0.353. The molecule has 0 spiro atoms. The van der Waals surface area contributed by atoms with Crippen molar-refractivity contribution in [1.29, 1.82) is 0 Å². The molecule has 0 aliphatic heterocycles. The molecule has 2 aromatic rings. The number of carboxylic acids is 1. The van der Waals surface area contributed by atoms with E-state index in [-0.39, 0.29) is 30.8 Å². The average Bonchev–Trinajstić information content (AvgIpc) is 3.55. The summed E-state index contributed by atoms with van der Waals surface area (Å²) in [4.78, 5) is 38.2. The molecule has 7 heteroatoms. The zero-order valence-electron chi connectivity index (χ0n) is 19.2. The van der Waals surface area contributed by atoms with Crippen LogP contribution in [0.2, 0.25) is 0 Å². The summed E-state index contributed by atoms with van der Waals surface area (Å²) >= 11 is 0. The Morgan fingerprint density at radius 2 is 1.61 bits per heavy atom. The lowest BCUT2D eigenvalue weighted by molar-refractivity contribution is -0.151. The van der Waals surface area contributed by atoms with Crippen molar-refractivity contribution in [2.24, 2.45) is 5.92 Å². The maximum atomic E-state index is 12.7. The number of hydrogen-bond donors (Lipinski definition) is 2. The van der Waals surface area contributed by atoms with Gasteiger partial charge in [0.15, 0.2) is 0 Å². The number of carbonyl (C=O) groups is 3. The number of nitrogens with one attached hydrogen (secondary N) is 1. The fraction of sp³-hybridized carbons (Fsp3) is 0.423. The molecule has 0 aromatic heterocycles. The summed E-state index contributed by atoms with van der Waals surface area (Å²) in [6.45, 7) is 4.01. The normalized spacial score (nSPS) is 16.5. The smallest absolute Gasteiger partial charge is 0.407 e. The van der Waals surface area contributed by atoms with E-state index >= 15 is 0 Å². The predicted molar refractivity (Wildman–Crippen MR) is 124 cm³/mol. The first-order valence-electron chi connectivity index (χ1n) is 11.4. The van der Waals surface area contributed by atoms with Gasteiger partial charge in [-0.2, -0.15) is 0 Å². The second-order valence-electron chi connectivity index (χ2n) is 9.31. The van der Waals surface area contributed by atoms with Crippen LogP contribution in [0, 0.1) is 5.92 Å². The van der Waals surface area contributed by atoms with Gasteiger partial charge in [-0.1, -0.05) is 62.4 Å². The minimum atomic E-state index is -1.09. The molecule has 1 atom stereocenters. The van der Waals surface area contributed by atoms with Crippen LogP contribution in [0.3, 0.4) is 0 Å². The third kappa shape index (κ3) is 4.32. The molecule has 2 amide bonds. The standard InChI is InChI=1S/C26H30N2O5/c1-16(2)22(14-23(29)28(3)26(12-13-26)24(30)31)27-25(32)33-15-21-19-10-6-4-8-17(19)18-9-5-7-11-20(18)21/h4-11,16,21-22H,12-15H2,1-3H3,(H,27,32)(H,30,31). The van der Waals surface area contributed by atoms with E-state index in [2.05, 4.69) is 29.6 Å². The molecule has 2 aromatic carbocycles. The fourth-order valence-electron chi connectivity index (χ4n) is 4.62. The molecule has 7 nitrogen and oxygen atoms in total. The first kappa shape index (κ1) is 22.8. The number of aliphatic carboxylic acids is 1. The summed E-state index contributed by atoms with van der Waals surface area (Å²) in [7, 11) is 1.52. The second-order valence-corrected chi connectivity index (χ2v) is 9.31. The summed E-state index contributed by atoms with van der Waals surface area (Å²) in [5, 5.41) is 12.3. The number of carboxylic acid groups (broad SMARTS) is 1. The number of amides is 2. The van der Waals surface area contributed by atoms with E-state index in [1.54, 1.807) is 0 Å². The quantitative estimate of drug-likeness (QED) is 0.633. The van der Waals surface area contributed by atoms with Crippen molar-refractivity contribution in [2.75, 3.05) is 13.7 Å². The lowest BCUT2D eigenvalue weighted by atomic mass is 9.98. The van der Waals surface area contributed by atoms with Gasteiger partial charge in [0.2, 0.25) is 5.91 Å². The number of fused-ring (bicyclic) bond motifs is 3. The number of ether oxygens (including phenoxy) is 1. The van der Waals surface area contributed by atoms with E-state index in [9.17, 15) is 19.5 Å². The molecule has 2 aliphatic carbocycles. The van der Waals surface area contributed by atoms with Crippen molar-refractivity contribution >= 4 is 18.0 Å². The first-order valence-corrected chi connectivity index (χ1v) is 11.4. The molecule has 0 saturated heterocycles. The number of benzene rings is 2. The number of likely N-dealkylation sites (N-methyl/N-ethyl adjacent to an activating group) is 1. The number of rotatable bonds is 8. The summed E-state index contributed by atoms with van der Waals surface area (Å²) in [5.74, 6) is -1.35. The topological polar surface area (TPSA) is 95.9 Å². The van der Waals surface area contributed by atoms with E-state index in [1.807, 2.05) is 38.1 Å². The van der Waals surface area contributed by atoms with Gasteiger partial charge >= 0.3 is 12.1 Å². The molecule has 1 unspecified atom stereocenters. The van der Waals surface area contributed by atoms with Crippen molar-refractivity contribution in [3.63, 3.8) is 0 Å². The highest BCUT2D eigenvalue weighted by atomic mass is 16.5. The van der Waals surface area contributed by atoms with Crippen molar-refractivity contribution in [3.05, 3.63) is 59.7 Å². The third-order valence-electron chi connectivity index (χ3n) is 6.98. The number of carbonyl (C=O) groups excluding carboxylic acids is 2. The molecule has 1 fully saturated rings. The number of alkyl carbamates (subject to hydrolysis) is 1. The third-order valence-corrected chi connectivity index (χ3v) is 6.98. The lowest BCUT2D eigenvalue weighted by Crippen LogP contribution is -2.48. The van der Waals surface area contributed by atoms with Crippen LogP contribution in [0.15, 0.2) is 48.5 Å². The van der Waals surface area contributed by atoms with Gasteiger partial charge in [0.25, 0.3) is 0 Å². The maximum absolute atomic E-state index is 12.7. The summed E-state index contributed by atoms with van der Waals surface area (Å²) in [5.41, 5.74) is 3.48. The average molecular weight is 451 g/mol. The van der Waals surface area contributed by atoms with Crippen LogP contribution in [-0.4, -0.2) is 53.2 Å². The molecule has 33 heavy (non-hydrogen) atoms. The van der Waals surface area contributed by atoms with Crippen LogP contribution < -0.4 is 5.32 Å². The van der Waals surface area contributed by atoms with E-state index in [0.29, 0.717) is 12.8 Å². The van der Waals surface area contributed by atoms with Gasteiger partial charge < -0.3 is 20.1 Å². The van der Waals surface area contributed by atoms with Crippen molar-refractivity contribution < 1.29 is 24.2 Å². The molecule has 2 N–H and O–H groups in total. The Kier molecular flexibility index (Phi) is 6.15. The SMILES string of the molecule is CC(C)C(CC(=O)N(C)C1(C(=O)O)CC1)NC(=O)OCC1c2ccccc2-c2ccccc21. The van der Waals surface area contributed by atoms with Gasteiger partial charge in [0.1, 0.15) is 12.1 Å². The highest BCUT2D eigenvalue weighted by Gasteiger charge is 2.55. The molecule has 1 saturated carbocycles. The van der Waals surface area contributed by atoms with Crippen molar-refractivity contribution in [2.45, 2.75) is 50.6 Å². The summed E-state index contributed by atoms with van der Waals surface area (Å²) < 4.78 is 5.61. The molecule has 0 bridgehead atoms. The van der Waals surface area contributed by atoms with Crippen LogP contribution in [0.1, 0.15) is 50.2 Å². The highest BCUT2D eigenvalue weighted by Crippen LogP contribution is 2.44. The van der Waals surface area contributed by atoms with Crippen molar-refractivity contribution in [1.82, 2.24) is 10.2 Å². The summed E-state index contributed by atoms with van der Waals surface area (Å²) in [6, 6.07) is 15.8. The van der Waals surface area contributed by atoms with Gasteiger partial charge in [0, 0.05) is 25.4 Å². The Labute approximate surface area is 193 Å². The molecule has 4 rings (SSSR count). The van der Waals surface area contributed by atoms with E-state index in [0.717, 1.165) is 22.3 Å². The molecule has 0 heterocycles. The van der Waals surface area contributed by atoms with Crippen LogP contribution >= 0.6 is 0 Å². The fourth-order valence-corrected chi connectivity index (χ4v) is 4.62. The van der Waals surface area contributed by atoms with E-state index in [4.69, 9.17) is 4.74 Å². The number of hydrogen-bond acceptors (Lipinski definition) is 4. The Bertz CT molecular complexity index is 1030. The second kappa shape index (κ2) is 8.89. The maximum Gasteiger partial charge on any atom is 0.407 e. The van der Waals surface area contributed by atoms with Gasteiger partial charge in [0.05, 0.1) is 0 Å². The monoisotopic (exact) mass is 450 g/mol. The van der Waals surface area contributed by atoms with Gasteiger partial charge in [-0.25, -0.2) is 9.59 Å². The molecule has 174 valence electrons. The number of nitrogens with zero attached hydrogens (tertiary/aromatic N) is 1. The Hall–Kier alpha value is -3.35. The van der Waals surface area contributed by atoms with Crippen LogP contribution in [-0.2, 0) is 14.3 Å².